The predicted molar refractivity (Wildman–Crippen MR) is 115 cm³/mol. The number of ether oxygens (including phenoxy) is 1. The Morgan fingerprint density at radius 1 is 1.10 bits per heavy atom. The SMILES string of the molecule is O=C1CCCC2=C1C(c1ccc(OCc3ccc(Cl)c(Cl)c3)cc1)n1ncnc1N2. The van der Waals surface area contributed by atoms with Crippen LogP contribution in [0.15, 0.2) is 60.1 Å². The van der Waals surface area contributed by atoms with Crippen LogP contribution in [0.1, 0.15) is 36.4 Å². The maximum Gasteiger partial charge on any atom is 0.226 e. The number of allylic oxidation sites excluding steroid dienone is 2. The van der Waals surface area contributed by atoms with Gasteiger partial charge in [-0.3, -0.25) is 4.79 Å². The topological polar surface area (TPSA) is 69.0 Å². The summed E-state index contributed by atoms with van der Waals surface area (Å²) in [5.41, 5.74) is 3.63. The number of nitrogens with zero attached hydrogens (tertiary/aromatic N) is 3. The van der Waals surface area contributed by atoms with Crippen LogP contribution in [-0.4, -0.2) is 20.5 Å². The predicted octanol–water partition coefficient (Wildman–Crippen LogP) is 5.19. The molecule has 5 rings (SSSR count). The molecule has 2 heterocycles. The lowest BCUT2D eigenvalue weighted by Crippen LogP contribution is -2.31. The van der Waals surface area contributed by atoms with Crippen molar-refractivity contribution in [3.05, 3.63) is 81.2 Å². The zero-order chi connectivity index (χ0) is 20.7. The highest BCUT2D eigenvalue weighted by atomic mass is 35.5. The van der Waals surface area contributed by atoms with Crippen molar-refractivity contribution in [2.75, 3.05) is 5.32 Å². The Labute approximate surface area is 183 Å². The van der Waals surface area contributed by atoms with Gasteiger partial charge < -0.3 is 10.1 Å². The number of hydrogen-bond donors (Lipinski definition) is 1. The molecule has 1 aliphatic heterocycles. The Balaban J connectivity index is 1.40. The lowest BCUT2D eigenvalue weighted by molar-refractivity contribution is -0.116. The van der Waals surface area contributed by atoms with Crippen LogP contribution >= 0.6 is 23.2 Å². The van der Waals surface area contributed by atoms with E-state index in [2.05, 4.69) is 15.4 Å². The van der Waals surface area contributed by atoms with E-state index in [1.807, 2.05) is 30.3 Å². The Morgan fingerprint density at radius 3 is 2.73 bits per heavy atom. The van der Waals surface area contributed by atoms with Crippen LogP contribution in [-0.2, 0) is 11.4 Å². The molecule has 0 saturated heterocycles. The first-order valence-electron chi connectivity index (χ1n) is 9.69. The van der Waals surface area contributed by atoms with E-state index in [1.54, 1.807) is 16.8 Å². The summed E-state index contributed by atoms with van der Waals surface area (Å²) in [6.07, 6.45) is 3.77. The molecule has 3 aromatic rings. The molecule has 1 aromatic heterocycles. The summed E-state index contributed by atoms with van der Waals surface area (Å²) in [5, 5.41) is 8.65. The molecule has 2 aromatic carbocycles. The largest absolute Gasteiger partial charge is 0.489 e. The molecule has 0 spiro atoms. The summed E-state index contributed by atoms with van der Waals surface area (Å²) >= 11 is 12.0. The highest BCUT2D eigenvalue weighted by Crippen LogP contribution is 2.39. The molecule has 1 N–H and O–H groups in total. The average molecular weight is 441 g/mol. The molecule has 1 unspecified atom stereocenters. The molecule has 0 saturated carbocycles. The third-order valence-corrected chi connectivity index (χ3v) is 6.13. The van der Waals surface area contributed by atoms with Crippen molar-refractivity contribution in [2.24, 2.45) is 0 Å². The number of nitrogens with one attached hydrogen (secondary N) is 1. The molecule has 0 radical (unpaired) electrons. The van der Waals surface area contributed by atoms with Crippen LogP contribution in [0, 0.1) is 0 Å². The van der Waals surface area contributed by atoms with Gasteiger partial charge in [0.2, 0.25) is 5.95 Å². The second kappa shape index (κ2) is 7.78. The molecule has 1 atom stereocenters. The number of carbonyl (C=O) groups excluding carboxylic acids is 1. The van der Waals surface area contributed by atoms with Crippen molar-refractivity contribution >= 4 is 34.9 Å². The van der Waals surface area contributed by atoms with Gasteiger partial charge in [-0.05, 0) is 48.2 Å². The van der Waals surface area contributed by atoms with Gasteiger partial charge in [-0.1, -0.05) is 41.4 Å². The molecule has 0 amide bonds. The summed E-state index contributed by atoms with van der Waals surface area (Å²) < 4.78 is 7.66. The fraction of sp³-hybridized carbons (Fsp3) is 0.227. The molecule has 0 bridgehead atoms. The number of aromatic nitrogens is 3. The Kier molecular flexibility index (Phi) is 4.97. The second-order valence-corrected chi connectivity index (χ2v) is 8.15. The van der Waals surface area contributed by atoms with E-state index in [1.165, 1.54) is 6.33 Å². The van der Waals surface area contributed by atoms with Gasteiger partial charge in [-0.2, -0.15) is 10.1 Å². The van der Waals surface area contributed by atoms with Crippen molar-refractivity contribution < 1.29 is 9.53 Å². The van der Waals surface area contributed by atoms with Gasteiger partial charge in [0, 0.05) is 17.7 Å². The summed E-state index contributed by atoms with van der Waals surface area (Å²) in [6, 6.07) is 12.9. The van der Waals surface area contributed by atoms with Gasteiger partial charge in [-0.15, -0.1) is 0 Å². The first-order valence-corrected chi connectivity index (χ1v) is 10.5. The van der Waals surface area contributed by atoms with Crippen LogP contribution in [0.4, 0.5) is 5.95 Å². The van der Waals surface area contributed by atoms with E-state index in [9.17, 15) is 4.79 Å². The molecule has 30 heavy (non-hydrogen) atoms. The maximum atomic E-state index is 12.7. The van der Waals surface area contributed by atoms with Crippen LogP contribution in [0.3, 0.4) is 0 Å². The van der Waals surface area contributed by atoms with E-state index in [0.29, 0.717) is 29.0 Å². The number of anilines is 1. The number of hydrogen-bond acceptors (Lipinski definition) is 5. The van der Waals surface area contributed by atoms with Crippen LogP contribution in [0.25, 0.3) is 0 Å². The number of benzene rings is 2. The van der Waals surface area contributed by atoms with Gasteiger partial charge >= 0.3 is 0 Å². The number of ketones is 1. The zero-order valence-electron chi connectivity index (χ0n) is 15.9. The summed E-state index contributed by atoms with van der Waals surface area (Å²) in [6.45, 7) is 0.380. The molecular formula is C22H18Cl2N4O2. The number of fused-ring (bicyclic) bond motifs is 1. The first-order chi connectivity index (χ1) is 14.6. The fourth-order valence-corrected chi connectivity index (χ4v) is 4.27. The molecule has 8 heteroatoms. The van der Waals surface area contributed by atoms with Gasteiger partial charge in [0.25, 0.3) is 0 Å². The normalized spacial score (nSPS) is 17.9. The average Bonchev–Trinajstić information content (AvgIpc) is 3.22. The highest BCUT2D eigenvalue weighted by Gasteiger charge is 2.35. The smallest absolute Gasteiger partial charge is 0.226 e. The molecule has 2 aliphatic rings. The summed E-state index contributed by atoms with van der Waals surface area (Å²) in [4.78, 5) is 17.0. The maximum absolute atomic E-state index is 12.7. The van der Waals surface area contributed by atoms with Gasteiger partial charge in [0.05, 0.1) is 10.0 Å². The Hall–Kier alpha value is -2.83. The van der Waals surface area contributed by atoms with E-state index in [4.69, 9.17) is 27.9 Å². The fourth-order valence-electron chi connectivity index (χ4n) is 3.95. The van der Waals surface area contributed by atoms with Crippen molar-refractivity contribution in [3.63, 3.8) is 0 Å². The van der Waals surface area contributed by atoms with Crippen molar-refractivity contribution in [2.45, 2.75) is 31.9 Å². The van der Waals surface area contributed by atoms with Gasteiger partial charge in [0.15, 0.2) is 5.78 Å². The lowest BCUT2D eigenvalue weighted by Gasteiger charge is -2.32. The van der Waals surface area contributed by atoms with E-state index < -0.39 is 0 Å². The quantitative estimate of drug-likeness (QED) is 0.604. The summed E-state index contributed by atoms with van der Waals surface area (Å²) in [5.74, 6) is 1.55. The standard InChI is InChI=1S/C22H18Cl2N4O2/c23-16-9-4-13(10-17(16)24)11-30-15-7-5-14(6-8-15)21-20-18(2-1-3-19(20)29)27-22-25-12-26-28(21)22/h4-10,12,21H,1-3,11H2,(H,25,26,27). The molecule has 1 aliphatic carbocycles. The second-order valence-electron chi connectivity index (χ2n) is 7.33. The number of Topliss-reactive ketones (excluding diaryl/α,β-unsaturated/α-hetero) is 1. The zero-order valence-corrected chi connectivity index (χ0v) is 17.5. The van der Waals surface area contributed by atoms with Crippen molar-refractivity contribution in [1.29, 1.82) is 0 Å². The number of halogens is 2. The van der Waals surface area contributed by atoms with Crippen LogP contribution in [0.2, 0.25) is 10.0 Å². The van der Waals surface area contributed by atoms with E-state index in [0.717, 1.165) is 41.0 Å². The number of carbonyl (C=O) groups is 1. The van der Waals surface area contributed by atoms with E-state index in [-0.39, 0.29) is 11.8 Å². The first kappa shape index (κ1) is 19.2. The molecule has 152 valence electrons. The van der Waals surface area contributed by atoms with Gasteiger partial charge in [0.1, 0.15) is 24.7 Å². The van der Waals surface area contributed by atoms with Crippen LogP contribution in [0.5, 0.6) is 5.75 Å². The monoisotopic (exact) mass is 440 g/mol. The minimum absolute atomic E-state index is 0.162. The Bertz CT molecular complexity index is 1150. The minimum atomic E-state index is -0.282. The van der Waals surface area contributed by atoms with E-state index >= 15 is 0 Å². The molecule has 0 fully saturated rings. The number of rotatable bonds is 4. The van der Waals surface area contributed by atoms with Gasteiger partial charge in [-0.25, -0.2) is 4.68 Å². The van der Waals surface area contributed by atoms with Crippen molar-refractivity contribution in [3.8, 4) is 5.75 Å². The third kappa shape index (κ3) is 3.46. The molecular weight excluding hydrogens is 423 g/mol. The Morgan fingerprint density at radius 2 is 1.93 bits per heavy atom. The highest BCUT2D eigenvalue weighted by molar-refractivity contribution is 6.42. The third-order valence-electron chi connectivity index (χ3n) is 5.40. The summed E-state index contributed by atoms with van der Waals surface area (Å²) in [7, 11) is 0. The minimum Gasteiger partial charge on any atom is -0.489 e. The lowest BCUT2D eigenvalue weighted by atomic mass is 9.85. The molecule has 6 nitrogen and oxygen atoms in total. The van der Waals surface area contributed by atoms with Crippen molar-refractivity contribution in [1.82, 2.24) is 14.8 Å². The van der Waals surface area contributed by atoms with Crippen LogP contribution < -0.4 is 10.1 Å².